The molecule has 9 atom stereocenters. The molecule has 2 aliphatic heterocycles. The van der Waals surface area contributed by atoms with Crippen molar-refractivity contribution in [3.63, 3.8) is 0 Å². The minimum Gasteiger partial charge on any atom is -0.388 e. The second-order valence-corrected chi connectivity index (χ2v) is 9.57. The molecule has 30 heavy (non-hydrogen) atoms. The van der Waals surface area contributed by atoms with Crippen LogP contribution in [0.25, 0.3) is 0 Å². The van der Waals surface area contributed by atoms with Gasteiger partial charge in [0.1, 0.15) is 52.3 Å². The van der Waals surface area contributed by atoms with Crippen molar-refractivity contribution in [1.29, 1.82) is 0 Å². The minimum absolute atomic E-state index is 0.00495. The van der Waals surface area contributed by atoms with Gasteiger partial charge in [0.25, 0.3) is 0 Å². The highest BCUT2D eigenvalue weighted by Crippen LogP contribution is 2.47. The minimum atomic E-state index is -4.66. The highest BCUT2D eigenvalue weighted by molar-refractivity contribution is 7.47. The lowest BCUT2D eigenvalue weighted by Gasteiger charge is -2.26. The number of hydrogen-bond acceptors (Lipinski definition) is 9. The molecule has 0 aromatic carbocycles. The molecule has 4 radical (unpaired) electrons. The summed E-state index contributed by atoms with van der Waals surface area (Å²) in [6, 6.07) is -2.12. The Kier molecular flexibility index (Phi) is 9.83. The molecular weight excluding hydrogens is 417 g/mol. The van der Waals surface area contributed by atoms with Crippen LogP contribution in [0.5, 0.6) is 0 Å². The van der Waals surface area contributed by atoms with Gasteiger partial charge in [0.2, 0.25) is 0 Å². The number of ether oxygens (including phenoxy) is 4. The Labute approximate surface area is 179 Å². The Morgan fingerprint density at radius 1 is 0.967 bits per heavy atom. The van der Waals surface area contributed by atoms with Crippen LogP contribution in [-0.4, -0.2) is 105 Å². The molecule has 0 aliphatic carbocycles. The van der Waals surface area contributed by atoms with Gasteiger partial charge >= 0.3 is 7.82 Å². The van der Waals surface area contributed by atoms with Gasteiger partial charge in [-0.25, -0.2) is 4.57 Å². The summed E-state index contributed by atoms with van der Waals surface area (Å²) in [7, 11) is 6.71. The standard InChI is InChI=1S/C17H31B2O10P/c1-8(2)5-25-14-11(28-16(18)12(14)20)7-26-30(22,23)29-15-10(6-24-9(3)4)27-17(19)13(15)21/h8-17,20-21H,5-7H2,1-4H3,(H,22,23)/t10-,11-,12+,13+,14?,15?,16-,17-/m1/s1. The highest BCUT2D eigenvalue weighted by Gasteiger charge is 2.47. The van der Waals surface area contributed by atoms with Crippen LogP contribution in [0, 0.1) is 5.92 Å². The van der Waals surface area contributed by atoms with Crippen LogP contribution < -0.4 is 0 Å². The Morgan fingerprint density at radius 3 is 2.03 bits per heavy atom. The summed E-state index contributed by atoms with van der Waals surface area (Å²) in [5, 5.41) is 20.3. The van der Waals surface area contributed by atoms with Gasteiger partial charge in [0.15, 0.2) is 0 Å². The predicted octanol–water partition coefficient (Wildman–Crippen LogP) is -0.537. The molecule has 3 unspecified atom stereocenters. The zero-order chi connectivity index (χ0) is 22.6. The number of rotatable bonds is 11. The second kappa shape index (κ2) is 11.2. The molecule has 2 rings (SSSR count). The fourth-order valence-electron chi connectivity index (χ4n) is 3.08. The van der Waals surface area contributed by atoms with Crippen molar-refractivity contribution in [2.45, 2.75) is 82.4 Å². The van der Waals surface area contributed by atoms with Crippen LogP contribution >= 0.6 is 7.82 Å². The average Bonchev–Trinajstić information content (AvgIpc) is 3.06. The Balaban J connectivity index is 1.95. The Bertz CT molecular complexity index is 583. The maximum absolute atomic E-state index is 12.5. The van der Waals surface area contributed by atoms with Gasteiger partial charge in [0, 0.05) is 18.6 Å². The van der Waals surface area contributed by atoms with E-state index in [9.17, 15) is 19.7 Å². The molecule has 0 bridgehead atoms. The number of hydrogen-bond donors (Lipinski definition) is 3. The average molecular weight is 448 g/mol. The van der Waals surface area contributed by atoms with Gasteiger partial charge in [0.05, 0.1) is 19.3 Å². The lowest BCUT2D eigenvalue weighted by molar-refractivity contribution is -0.0681. The molecular formula is C17H31B2O10P. The molecule has 0 amide bonds. The Morgan fingerprint density at radius 2 is 1.50 bits per heavy atom. The normalized spacial score (nSPS) is 39.1. The van der Waals surface area contributed by atoms with Crippen molar-refractivity contribution in [1.82, 2.24) is 0 Å². The molecule has 2 fully saturated rings. The van der Waals surface area contributed by atoms with Crippen molar-refractivity contribution >= 4 is 23.5 Å². The second-order valence-electron chi connectivity index (χ2n) is 8.17. The molecule has 0 saturated carbocycles. The first-order chi connectivity index (χ1) is 13.9. The molecule has 10 nitrogen and oxygen atoms in total. The molecule has 170 valence electrons. The summed E-state index contributed by atoms with van der Waals surface area (Å²) in [5.41, 5.74) is 0. The molecule has 13 heteroatoms. The van der Waals surface area contributed by atoms with E-state index in [1.54, 1.807) is 13.8 Å². The van der Waals surface area contributed by atoms with Gasteiger partial charge in [-0.15, -0.1) is 0 Å². The first-order valence-electron chi connectivity index (χ1n) is 9.98. The van der Waals surface area contributed by atoms with E-state index in [1.807, 2.05) is 13.8 Å². The third-order valence-electron chi connectivity index (χ3n) is 4.62. The first-order valence-corrected chi connectivity index (χ1v) is 11.5. The quantitative estimate of drug-likeness (QED) is 0.280. The van der Waals surface area contributed by atoms with Crippen LogP contribution in [-0.2, 0) is 32.6 Å². The Hall–Kier alpha value is -0.000130. The van der Waals surface area contributed by atoms with Gasteiger partial charge in [-0.05, 0) is 19.8 Å². The van der Waals surface area contributed by atoms with Crippen molar-refractivity contribution < 1.29 is 47.7 Å². The maximum Gasteiger partial charge on any atom is 0.472 e. The van der Waals surface area contributed by atoms with E-state index in [0.717, 1.165) is 0 Å². The van der Waals surface area contributed by atoms with Crippen molar-refractivity contribution in [2.24, 2.45) is 5.92 Å². The van der Waals surface area contributed by atoms with Crippen molar-refractivity contribution in [2.75, 3.05) is 19.8 Å². The van der Waals surface area contributed by atoms with Crippen LogP contribution in [0.3, 0.4) is 0 Å². The van der Waals surface area contributed by atoms with Crippen molar-refractivity contribution in [3.05, 3.63) is 0 Å². The number of aliphatic hydroxyl groups is 2. The molecule has 0 aromatic heterocycles. The smallest absolute Gasteiger partial charge is 0.388 e. The third kappa shape index (κ3) is 7.27. The van der Waals surface area contributed by atoms with Crippen LogP contribution in [0.2, 0.25) is 0 Å². The van der Waals surface area contributed by atoms with E-state index in [2.05, 4.69) is 0 Å². The SMILES string of the molecule is [B][C@@H]1O[C@H](COP(=O)(O)OC2[C@@H](COC(C)C)O[C@@H]([B])[C@H]2O)C(OCC(C)C)[C@@H]1O. The summed E-state index contributed by atoms with van der Waals surface area (Å²) >= 11 is 0. The van der Waals surface area contributed by atoms with E-state index in [4.69, 9.17) is 43.7 Å². The van der Waals surface area contributed by atoms with Gasteiger partial charge in [-0.3, -0.25) is 9.05 Å². The van der Waals surface area contributed by atoms with Gasteiger partial charge in [-0.2, -0.15) is 0 Å². The van der Waals surface area contributed by atoms with Crippen LogP contribution in [0.1, 0.15) is 27.7 Å². The van der Waals surface area contributed by atoms with Crippen LogP contribution in [0.4, 0.5) is 0 Å². The van der Waals surface area contributed by atoms with E-state index < -0.39 is 63.1 Å². The number of phosphoric acid groups is 1. The number of phosphoric ester groups is 1. The molecule has 0 spiro atoms. The predicted molar refractivity (Wildman–Crippen MR) is 107 cm³/mol. The van der Waals surface area contributed by atoms with E-state index in [0.29, 0.717) is 6.61 Å². The van der Waals surface area contributed by atoms with Crippen molar-refractivity contribution in [3.8, 4) is 0 Å². The lowest BCUT2D eigenvalue weighted by Crippen LogP contribution is -2.39. The monoisotopic (exact) mass is 448 g/mol. The fourth-order valence-corrected chi connectivity index (χ4v) is 4.04. The summed E-state index contributed by atoms with van der Waals surface area (Å²) in [6.45, 7) is 7.39. The molecule has 2 heterocycles. The number of aliphatic hydroxyl groups excluding tert-OH is 2. The molecule has 3 N–H and O–H groups in total. The highest BCUT2D eigenvalue weighted by atomic mass is 31.2. The first kappa shape index (κ1) is 26.3. The zero-order valence-corrected chi connectivity index (χ0v) is 18.6. The van der Waals surface area contributed by atoms with E-state index in [-0.39, 0.29) is 18.6 Å². The fraction of sp³-hybridized carbons (Fsp3) is 1.00. The van der Waals surface area contributed by atoms with E-state index >= 15 is 0 Å². The van der Waals surface area contributed by atoms with Gasteiger partial charge in [-0.1, -0.05) is 13.8 Å². The summed E-state index contributed by atoms with van der Waals surface area (Å²) in [5.74, 6) is 0.195. The third-order valence-corrected chi connectivity index (χ3v) is 5.60. The van der Waals surface area contributed by atoms with Crippen LogP contribution in [0.15, 0.2) is 0 Å². The zero-order valence-electron chi connectivity index (χ0n) is 17.7. The molecule has 2 saturated heterocycles. The largest absolute Gasteiger partial charge is 0.472 e. The maximum atomic E-state index is 12.5. The summed E-state index contributed by atoms with van der Waals surface area (Å²) in [6.07, 6.45) is -6.40. The van der Waals surface area contributed by atoms with E-state index in [1.165, 1.54) is 0 Å². The van der Waals surface area contributed by atoms with Gasteiger partial charge < -0.3 is 34.1 Å². The summed E-state index contributed by atoms with van der Waals surface area (Å²) in [4.78, 5) is 10.1. The summed E-state index contributed by atoms with van der Waals surface area (Å²) < 4.78 is 44.4. The lowest BCUT2D eigenvalue weighted by atomic mass is 9.93. The molecule has 0 aromatic rings. The molecule has 2 aliphatic rings. The topological polar surface area (TPSA) is 133 Å².